The Bertz CT molecular complexity index is 1030. The Labute approximate surface area is 176 Å². The molecule has 0 radical (unpaired) electrons. The number of esters is 1. The van der Waals surface area contributed by atoms with E-state index in [1.54, 1.807) is 19.2 Å². The van der Waals surface area contributed by atoms with Gasteiger partial charge in [-0.15, -0.1) is 0 Å². The number of oxazole rings is 1. The van der Waals surface area contributed by atoms with Gasteiger partial charge in [0.2, 0.25) is 5.89 Å². The molecule has 0 amide bonds. The van der Waals surface area contributed by atoms with E-state index in [1.807, 2.05) is 31.2 Å². The van der Waals surface area contributed by atoms with Crippen molar-refractivity contribution >= 4 is 5.97 Å². The standard InChI is InChI=1S/C24H26N2O4/c1-16-20(25-23(30-16)17-10-12-18(13-11-17)24(27)29-3)15-26-14-6-8-21(26)19-7-4-5-9-22(19)28-2/h4-5,7,9-13,21H,6,8,14-15H2,1-3H3/t21-/m0/s1. The van der Waals surface area contributed by atoms with E-state index in [-0.39, 0.29) is 5.97 Å². The van der Waals surface area contributed by atoms with Gasteiger partial charge >= 0.3 is 5.97 Å². The Balaban J connectivity index is 1.54. The van der Waals surface area contributed by atoms with E-state index in [0.29, 0.717) is 17.5 Å². The minimum atomic E-state index is -0.359. The first-order valence-corrected chi connectivity index (χ1v) is 10.1. The van der Waals surface area contributed by atoms with E-state index in [1.165, 1.54) is 12.7 Å². The van der Waals surface area contributed by atoms with Gasteiger partial charge < -0.3 is 13.9 Å². The van der Waals surface area contributed by atoms with Gasteiger partial charge in [-0.05, 0) is 56.6 Å². The summed E-state index contributed by atoms with van der Waals surface area (Å²) in [6, 6.07) is 15.6. The van der Waals surface area contributed by atoms with Crippen molar-refractivity contribution in [2.45, 2.75) is 32.4 Å². The quantitative estimate of drug-likeness (QED) is 0.549. The van der Waals surface area contributed by atoms with Gasteiger partial charge in [-0.1, -0.05) is 18.2 Å². The molecule has 0 aliphatic carbocycles. The molecule has 6 nitrogen and oxygen atoms in total. The number of nitrogens with zero attached hydrogens (tertiary/aromatic N) is 2. The molecule has 156 valence electrons. The molecule has 2 aromatic carbocycles. The predicted molar refractivity (Wildman–Crippen MR) is 113 cm³/mol. The molecule has 1 aromatic heterocycles. The molecule has 1 fully saturated rings. The van der Waals surface area contributed by atoms with Crippen molar-refractivity contribution in [3.63, 3.8) is 0 Å². The number of rotatable bonds is 6. The lowest BCUT2D eigenvalue weighted by Crippen LogP contribution is -2.23. The highest BCUT2D eigenvalue weighted by Gasteiger charge is 2.29. The predicted octanol–water partition coefficient (Wildman–Crippen LogP) is 4.78. The summed E-state index contributed by atoms with van der Waals surface area (Å²) in [5, 5.41) is 0. The maximum Gasteiger partial charge on any atom is 0.337 e. The second kappa shape index (κ2) is 8.71. The number of benzene rings is 2. The smallest absolute Gasteiger partial charge is 0.337 e. The number of hydrogen-bond acceptors (Lipinski definition) is 6. The third-order valence-corrected chi connectivity index (χ3v) is 5.66. The second-order valence-corrected chi connectivity index (χ2v) is 7.46. The van der Waals surface area contributed by atoms with E-state index in [0.717, 1.165) is 48.7 Å². The summed E-state index contributed by atoms with van der Waals surface area (Å²) in [5.41, 5.74) is 3.49. The summed E-state index contributed by atoms with van der Waals surface area (Å²) < 4.78 is 16.3. The van der Waals surface area contributed by atoms with Crippen LogP contribution < -0.4 is 4.74 Å². The van der Waals surface area contributed by atoms with Crippen molar-refractivity contribution in [1.82, 2.24) is 9.88 Å². The molecule has 0 bridgehead atoms. The maximum atomic E-state index is 11.6. The van der Waals surface area contributed by atoms with Crippen LogP contribution in [-0.4, -0.2) is 36.6 Å². The summed E-state index contributed by atoms with van der Waals surface area (Å²) in [6.45, 7) is 3.68. The van der Waals surface area contributed by atoms with Gasteiger partial charge in [-0.3, -0.25) is 4.90 Å². The molecule has 6 heteroatoms. The lowest BCUT2D eigenvalue weighted by Gasteiger charge is -2.25. The summed E-state index contributed by atoms with van der Waals surface area (Å²) in [6.07, 6.45) is 2.24. The lowest BCUT2D eigenvalue weighted by molar-refractivity contribution is 0.0600. The fourth-order valence-electron chi connectivity index (χ4n) is 4.07. The maximum absolute atomic E-state index is 11.6. The van der Waals surface area contributed by atoms with Gasteiger partial charge in [0.15, 0.2) is 0 Å². The summed E-state index contributed by atoms with van der Waals surface area (Å²) >= 11 is 0. The van der Waals surface area contributed by atoms with Crippen molar-refractivity contribution in [3.8, 4) is 17.2 Å². The molecule has 4 rings (SSSR count). The molecule has 1 aliphatic rings. The third-order valence-electron chi connectivity index (χ3n) is 5.66. The first kappa shape index (κ1) is 20.2. The number of likely N-dealkylation sites (tertiary alicyclic amines) is 1. The number of para-hydroxylation sites is 1. The molecule has 1 aliphatic heterocycles. The van der Waals surface area contributed by atoms with Crippen molar-refractivity contribution in [1.29, 1.82) is 0 Å². The molecule has 0 unspecified atom stereocenters. The fraction of sp³-hybridized carbons (Fsp3) is 0.333. The highest BCUT2D eigenvalue weighted by atomic mass is 16.5. The van der Waals surface area contributed by atoms with Crippen LogP contribution in [0.5, 0.6) is 5.75 Å². The molecule has 30 heavy (non-hydrogen) atoms. The number of ether oxygens (including phenoxy) is 2. The first-order valence-electron chi connectivity index (χ1n) is 10.1. The van der Waals surface area contributed by atoms with Crippen LogP contribution in [0.4, 0.5) is 0 Å². The minimum Gasteiger partial charge on any atom is -0.496 e. The molecule has 0 spiro atoms. The van der Waals surface area contributed by atoms with Crippen LogP contribution in [0.3, 0.4) is 0 Å². The fourth-order valence-corrected chi connectivity index (χ4v) is 4.07. The van der Waals surface area contributed by atoms with Crippen LogP contribution in [0.25, 0.3) is 11.5 Å². The number of hydrogen-bond donors (Lipinski definition) is 0. The lowest BCUT2D eigenvalue weighted by atomic mass is 10.0. The zero-order valence-corrected chi connectivity index (χ0v) is 17.6. The Kier molecular flexibility index (Phi) is 5.86. The zero-order valence-electron chi connectivity index (χ0n) is 17.6. The highest BCUT2D eigenvalue weighted by Crippen LogP contribution is 2.38. The van der Waals surface area contributed by atoms with Crippen LogP contribution in [0.1, 0.15) is 46.3 Å². The molecule has 0 N–H and O–H groups in total. The largest absolute Gasteiger partial charge is 0.496 e. The number of methoxy groups -OCH3 is 2. The Hall–Kier alpha value is -3.12. The van der Waals surface area contributed by atoms with Crippen molar-refractivity contribution in [3.05, 3.63) is 71.1 Å². The molecule has 3 aromatic rings. The average Bonchev–Trinajstić information content (AvgIpc) is 3.40. The zero-order chi connectivity index (χ0) is 21.1. The van der Waals surface area contributed by atoms with Crippen molar-refractivity contribution < 1.29 is 18.7 Å². The molecule has 1 atom stereocenters. The average molecular weight is 406 g/mol. The number of carbonyl (C=O) groups is 1. The van der Waals surface area contributed by atoms with Crippen LogP contribution >= 0.6 is 0 Å². The van der Waals surface area contributed by atoms with Crippen LogP contribution in [-0.2, 0) is 11.3 Å². The van der Waals surface area contributed by atoms with Gasteiger partial charge in [0.1, 0.15) is 11.5 Å². The Morgan fingerprint density at radius 2 is 1.93 bits per heavy atom. The second-order valence-electron chi connectivity index (χ2n) is 7.46. The SMILES string of the molecule is COC(=O)c1ccc(-c2nc(CN3CCC[C@H]3c3ccccc3OC)c(C)o2)cc1. The highest BCUT2D eigenvalue weighted by molar-refractivity contribution is 5.89. The molecular weight excluding hydrogens is 380 g/mol. The van der Waals surface area contributed by atoms with E-state index in [9.17, 15) is 4.79 Å². The summed E-state index contributed by atoms with van der Waals surface area (Å²) in [5.74, 6) is 1.94. The van der Waals surface area contributed by atoms with Gasteiger partial charge in [0.05, 0.1) is 25.5 Å². The number of carbonyl (C=O) groups excluding carboxylic acids is 1. The minimum absolute atomic E-state index is 0.306. The van der Waals surface area contributed by atoms with Gasteiger partial charge in [0.25, 0.3) is 0 Å². The van der Waals surface area contributed by atoms with Crippen molar-refractivity contribution in [2.24, 2.45) is 0 Å². The monoisotopic (exact) mass is 406 g/mol. The van der Waals surface area contributed by atoms with Crippen LogP contribution in [0, 0.1) is 6.92 Å². The van der Waals surface area contributed by atoms with Gasteiger partial charge in [0, 0.05) is 23.7 Å². The summed E-state index contributed by atoms with van der Waals surface area (Å²) in [4.78, 5) is 18.8. The molecule has 2 heterocycles. The van der Waals surface area contributed by atoms with Crippen LogP contribution in [0.15, 0.2) is 52.9 Å². The Morgan fingerprint density at radius 3 is 2.67 bits per heavy atom. The third kappa shape index (κ3) is 3.96. The number of aromatic nitrogens is 1. The molecule has 0 saturated carbocycles. The topological polar surface area (TPSA) is 64.8 Å². The molecular formula is C24H26N2O4. The van der Waals surface area contributed by atoms with E-state index in [2.05, 4.69) is 17.0 Å². The van der Waals surface area contributed by atoms with E-state index < -0.39 is 0 Å². The molecule has 1 saturated heterocycles. The summed E-state index contributed by atoms with van der Waals surface area (Å²) in [7, 11) is 3.09. The normalized spacial score (nSPS) is 16.6. The Morgan fingerprint density at radius 1 is 1.17 bits per heavy atom. The number of aryl methyl sites for hydroxylation is 1. The van der Waals surface area contributed by atoms with Crippen LogP contribution in [0.2, 0.25) is 0 Å². The van der Waals surface area contributed by atoms with Gasteiger partial charge in [-0.2, -0.15) is 0 Å². The van der Waals surface area contributed by atoms with E-state index >= 15 is 0 Å². The van der Waals surface area contributed by atoms with E-state index in [4.69, 9.17) is 18.9 Å². The first-order chi connectivity index (χ1) is 14.6. The van der Waals surface area contributed by atoms with Gasteiger partial charge in [-0.25, -0.2) is 9.78 Å². The van der Waals surface area contributed by atoms with Crippen molar-refractivity contribution in [2.75, 3.05) is 20.8 Å².